The lowest BCUT2D eigenvalue weighted by Crippen LogP contribution is -2.43. The minimum atomic E-state index is -1.71. The van der Waals surface area contributed by atoms with E-state index in [1.165, 1.54) is 0 Å². The van der Waals surface area contributed by atoms with E-state index < -0.39 is 13.9 Å². The summed E-state index contributed by atoms with van der Waals surface area (Å²) in [4.78, 5) is 0. The zero-order chi connectivity index (χ0) is 12.9. The van der Waals surface area contributed by atoms with E-state index in [1.807, 2.05) is 25.1 Å². The highest BCUT2D eigenvalue weighted by Gasteiger charge is 2.34. The van der Waals surface area contributed by atoms with Crippen molar-refractivity contribution in [3.05, 3.63) is 35.9 Å². The van der Waals surface area contributed by atoms with Gasteiger partial charge in [0.15, 0.2) is 8.32 Å². The Morgan fingerprint density at radius 1 is 1.24 bits per heavy atom. The predicted molar refractivity (Wildman–Crippen MR) is 73.2 cm³/mol. The average molecular weight is 247 g/mol. The number of benzene rings is 1. The normalized spacial score (nSPS) is 15.0. The molecule has 0 aromatic heterocycles. The van der Waals surface area contributed by atoms with Gasteiger partial charge in [0, 0.05) is 6.42 Å². The number of rotatable bonds is 5. The summed E-state index contributed by atoms with van der Waals surface area (Å²) in [5.41, 5.74) is 0.500. The van der Waals surface area contributed by atoms with E-state index in [1.54, 1.807) is 0 Å². The summed E-state index contributed by atoms with van der Waals surface area (Å²) in [6.45, 7) is 8.39. The van der Waals surface area contributed by atoms with Gasteiger partial charge in [-0.1, -0.05) is 37.3 Å². The van der Waals surface area contributed by atoms with Crippen molar-refractivity contribution in [3.63, 3.8) is 0 Å². The highest BCUT2D eigenvalue weighted by atomic mass is 28.4. The Morgan fingerprint density at radius 3 is 2.24 bits per heavy atom. The molecule has 0 aliphatic carbocycles. The molecule has 0 aliphatic rings. The third-order valence-corrected chi connectivity index (χ3v) is 3.61. The molecule has 0 bridgehead atoms. The first-order chi connectivity index (χ1) is 7.91. The molecule has 0 heterocycles. The number of nitriles is 1. The Labute approximate surface area is 105 Å². The van der Waals surface area contributed by atoms with Gasteiger partial charge in [-0.05, 0) is 31.6 Å². The second-order valence-corrected chi connectivity index (χ2v) is 9.77. The minimum absolute atomic E-state index is 0.661. The molecule has 1 aromatic carbocycles. The van der Waals surface area contributed by atoms with Crippen LogP contribution in [-0.4, -0.2) is 13.9 Å². The zero-order valence-corrected chi connectivity index (χ0v) is 12.2. The predicted octanol–water partition coefficient (Wildman–Crippen LogP) is 3.75. The van der Waals surface area contributed by atoms with Crippen molar-refractivity contribution in [2.45, 2.75) is 45.0 Å². The fourth-order valence-electron chi connectivity index (χ4n) is 1.89. The first kappa shape index (κ1) is 13.9. The molecule has 1 aromatic rings. The topological polar surface area (TPSA) is 33.0 Å². The molecular weight excluding hydrogens is 226 g/mol. The molecule has 0 fully saturated rings. The fraction of sp³-hybridized carbons (Fsp3) is 0.500. The van der Waals surface area contributed by atoms with Crippen molar-refractivity contribution in [2.24, 2.45) is 0 Å². The molecule has 3 heteroatoms. The van der Waals surface area contributed by atoms with E-state index in [2.05, 4.69) is 37.8 Å². The van der Waals surface area contributed by atoms with E-state index in [4.69, 9.17) is 4.43 Å². The summed E-state index contributed by atoms with van der Waals surface area (Å²) in [7, 11) is -1.71. The standard InChI is InChI=1S/C14H21NOSi/c1-5-14(12-15,16-17(2,3)4)11-13-9-7-6-8-10-13/h6-10H,5,11H2,1-4H3. The van der Waals surface area contributed by atoms with Crippen LogP contribution in [0.3, 0.4) is 0 Å². The van der Waals surface area contributed by atoms with Gasteiger partial charge in [0.2, 0.25) is 0 Å². The number of nitrogens with zero attached hydrogens (tertiary/aromatic N) is 1. The van der Waals surface area contributed by atoms with Gasteiger partial charge in [-0.3, -0.25) is 0 Å². The van der Waals surface area contributed by atoms with E-state index in [-0.39, 0.29) is 0 Å². The van der Waals surface area contributed by atoms with Crippen LogP contribution in [0, 0.1) is 11.3 Å². The maximum absolute atomic E-state index is 9.45. The second kappa shape index (κ2) is 5.48. The number of hydrogen-bond donors (Lipinski definition) is 0. The molecule has 0 saturated heterocycles. The molecular formula is C14H21NOSi. The quantitative estimate of drug-likeness (QED) is 0.742. The molecule has 1 rings (SSSR count). The summed E-state index contributed by atoms with van der Waals surface area (Å²) >= 11 is 0. The Morgan fingerprint density at radius 2 is 1.82 bits per heavy atom. The summed E-state index contributed by atoms with van der Waals surface area (Å²) < 4.78 is 6.11. The van der Waals surface area contributed by atoms with Gasteiger partial charge in [0.1, 0.15) is 5.60 Å². The SMILES string of the molecule is CCC(C#N)(Cc1ccccc1)O[Si](C)(C)C. The van der Waals surface area contributed by atoms with Crippen LogP contribution in [-0.2, 0) is 10.8 Å². The molecule has 0 spiro atoms. The minimum Gasteiger partial charge on any atom is -0.400 e. The lowest BCUT2D eigenvalue weighted by molar-refractivity contribution is 0.115. The Bertz CT molecular complexity index is 391. The lowest BCUT2D eigenvalue weighted by Gasteiger charge is -2.33. The molecule has 1 unspecified atom stereocenters. The summed E-state index contributed by atoms with van der Waals surface area (Å²) in [6.07, 6.45) is 1.40. The molecule has 2 nitrogen and oxygen atoms in total. The van der Waals surface area contributed by atoms with Crippen molar-refractivity contribution >= 4 is 8.32 Å². The van der Waals surface area contributed by atoms with Gasteiger partial charge >= 0.3 is 0 Å². The first-order valence-corrected chi connectivity index (χ1v) is 9.47. The molecule has 0 aliphatic heterocycles. The van der Waals surface area contributed by atoms with Crippen LogP contribution in [0.4, 0.5) is 0 Å². The van der Waals surface area contributed by atoms with Crippen molar-refractivity contribution in [1.82, 2.24) is 0 Å². The molecule has 17 heavy (non-hydrogen) atoms. The van der Waals surface area contributed by atoms with Crippen LogP contribution in [0.5, 0.6) is 0 Å². The summed E-state index contributed by atoms with van der Waals surface area (Å²) in [5, 5.41) is 9.45. The Balaban J connectivity index is 2.90. The molecule has 0 amide bonds. The molecule has 92 valence electrons. The lowest BCUT2D eigenvalue weighted by atomic mass is 9.94. The summed E-state index contributed by atoms with van der Waals surface area (Å²) in [6, 6.07) is 12.5. The Hall–Kier alpha value is -1.11. The fourth-order valence-corrected chi connectivity index (χ4v) is 3.32. The Kier molecular flexibility index (Phi) is 4.50. The van der Waals surface area contributed by atoms with Crippen molar-refractivity contribution in [2.75, 3.05) is 0 Å². The third kappa shape index (κ3) is 4.33. The van der Waals surface area contributed by atoms with Gasteiger partial charge < -0.3 is 4.43 Å². The zero-order valence-electron chi connectivity index (χ0n) is 11.2. The smallest absolute Gasteiger partial charge is 0.185 e. The monoisotopic (exact) mass is 247 g/mol. The van der Waals surface area contributed by atoms with E-state index >= 15 is 0 Å². The highest BCUT2D eigenvalue weighted by molar-refractivity contribution is 6.69. The van der Waals surface area contributed by atoms with Gasteiger partial charge in [0.25, 0.3) is 0 Å². The van der Waals surface area contributed by atoms with Crippen molar-refractivity contribution < 1.29 is 4.43 Å². The molecule has 1 atom stereocenters. The number of hydrogen-bond acceptors (Lipinski definition) is 2. The molecule has 0 N–H and O–H groups in total. The molecule has 0 saturated carbocycles. The van der Waals surface area contributed by atoms with Crippen LogP contribution in [0.1, 0.15) is 18.9 Å². The van der Waals surface area contributed by atoms with Crippen molar-refractivity contribution in [1.29, 1.82) is 5.26 Å². The van der Waals surface area contributed by atoms with E-state index in [0.29, 0.717) is 6.42 Å². The van der Waals surface area contributed by atoms with Crippen molar-refractivity contribution in [3.8, 4) is 6.07 Å². The van der Waals surface area contributed by atoms with Crippen LogP contribution in [0.2, 0.25) is 19.6 Å². The largest absolute Gasteiger partial charge is 0.400 e. The van der Waals surface area contributed by atoms with E-state index in [9.17, 15) is 5.26 Å². The average Bonchev–Trinajstić information content (AvgIpc) is 2.27. The highest BCUT2D eigenvalue weighted by Crippen LogP contribution is 2.25. The molecule has 0 radical (unpaired) electrons. The van der Waals surface area contributed by atoms with Crippen LogP contribution in [0.25, 0.3) is 0 Å². The van der Waals surface area contributed by atoms with Gasteiger partial charge in [-0.25, -0.2) is 0 Å². The van der Waals surface area contributed by atoms with Gasteiger partial charge in [-0.2, -0.15) is 5.26 Å². The van der Waals surface area contributed by atoms with Crippen LogP contribution >= 0.6 is 0 Å². The first-order valence-electron chi connectivity index (χ1n) is 6.06. The van der Waals surface area contributed by atoms with Gasteiger partial charge in [0.05, 0.1) is 6.07 Å². The maximum Gasteiger partial charge on any atom is 0.185 e. The maximum atomic E-state index is 9.45. The summed E-state index contributed by atoms with van der Waals surface area (Å²) in [5.74, 6) is 0. The van der Waals surface area contributed by atoms with E-state index in [0.717, 1.165) is 12.0 Å². The van der Waals surface area contributed by atoms with Crippen LogP contribution < -0.4 is 0 Å². The second-order valence-electron chi connectivity index (χ2n) is 5.34. The third-order valence-electron chi connectivity index (χ3n) is 2.61. The van der Waals surface area contributed by atoms with Gasteiger partial charge in [-0.15, -0.1) is 0 Å². The van der Waals surface area contributed by atoms with Crippen LogP contribution in [0.15, 0.2) is 30.3 Å².